The molecule has 1 aromatic carbocycles. The summed E-state index contributed by atoms with van der Waals surface area (Å²) in [5.41, 5.74) is 1.27. The zero-order valence-electron chi connectivity index (χ0n) is 9.30. The third kappa shape index (κ3) is 2.56. The van der Waals surface area contributed by atoms with Gasteiger partial charge in [0.2, 0.25) is 5.91 Å². The molecule has 5 heteroatoms. The second kappa shape index (κ2) is 4.98. The second-order valence-electron chi connectivity index (χ2n) is 3.70. The fourth-order valence-electron chi connectivity index (χ4n) is 1.62. The average Bonchev–Trinajstić information content (AvgIpc) is 2.29. The number of amides is 1. The third-order valence-corrected chi connectivity index (χ3v) is 3.86. The molecule has 0 spiro atoms. The van der Waals surface area contributed by atoms with Crippen LogP contribution in [0.2, 0.25) is 0 Å². The second-order valence-corrected chi connectivity index (χ2v) is 5.43. The summed E-state index contributed by atoms with van der Waals surface area (Å²) < 4.78 is 0.557. The van der Waals surface area contributed by atoms with Crippen molar-refractivity contribution in [2.45, 2.75) is 13.3 Å². The van der Waals surface area contributed by atoms with Gasteiger partial charge in [0.05, 0.1) is 5.69 Å². The van der Waals surface area contributed by atoms with E-state index in [9.17, 15) is 9.59 Å². The van der Waals surface area contributed by atoms with Crippen LogP contribution in [0.3, 0.4) is 0 Å². The third-order valence-electron chi connectivity index (χ3n) is 2.48. The zero-order valence-corrected chi connectivity index (χ0v) is 10.9. The number of hydrogen-bond donors (Lipinski definition) is 0. The number of rotatable bonds is 2. The number of anilines is 1. The summed E-state index contributed by atoms with van der Waals surface area (Å²) in [5, 5.41) is 0. The van der Waals surface area contributed by atoms with Gasteiger partial charge in [-0.05, 0) is 19.1 Å². The molecule has 0 aliphatic carbocycles. The number of ketones is 1. The lowest BCUT2D eigenvalue weighted by Gasteiger charge is -2.26. The van der Waals surface area contributed by atoms with Crippen LogP contribution in [-0.4, -0.2) is 21.8 Å². The van der Waals surface area contributed by atoms with Crippen LogP contribution in [0.5, 0.6) is 0 Å². The van der Waals surface area contributed by atoms with Gasteiger partial charge in [0.15, 0.2) is 5.78 Å². The first kappa shape index (κ1) is 12.3. The molecule has 1 amide bonds. The van der Waals surface area contributed by atoms with Crippen LogP contribution in [0.4, 0.5) is 5.69 Å². The van der Waals surface area contributed by atoms with Gasteiger partial charge in [0, 0.05) is 17.7 Å². The van der Waals surface area contributed by atoms with Crippen molar-refractivity contribution in [3.63, 3.8) is 0 Å². The molecule has 0 saturated carbocycles. The number of carbonyl (C=O) groups excluding carboxylic acids is 2. The number of nitrogens with zero attached hydrogens (tertiary/aromatic N) is 1. The van der Waals surface area contributed by atoms with Crippen LogP contribution in [0, 0.1) is 0 Å². The van der Waals surface area contributed by atoms with E-state index in [0.717, 1.165) is 5.75 Å². The molecule has 1 aromatic rings. The molecule has 0 radical (unpaired) electrons. The van der Waals surface area contributed by atoms with Crippen LogP contribution >= 0.6 is 24.0 Å². The summed E-state index contributed by atoms with van der Waals surface area (Å²) in [6, 6.07) is 7.00. The minimum atomic E-state index is -0.0186. The Morgan fingerprint density at radius 3 is 2.88 bits per heavy atom. The molecule has 1 aliphatic heterocycles. The number of benzene rings is 1. The van der Waals surface area contributed by atoms with E-state index in [0.29, 0.717) is 22.0 Å². The number of carbonyl (C=O) groups is 2. The van der Waals surface area contributed by atoms with Gasteiger partial charge in [0.25, 0.3) is 0 Å². The molecule has 1 fully saturated rings. The van der Waals surface area contributed by atoms with Gasteiger partial charge in [-0.1, -0.05) is 36.1 Å². The summed E-state index contributed by atoms with van der Waals surface area (Å²) in [6.45, 7) is 1.50. The molecule has 0 atom stereocenters. The Bertz CT molecular complexity index is 483. The van der Waals surface area contributed by atoms with Gasteiger partial charge >= 0.3 is 0 Å². The topological polar surface area (TPSA) is 37.4 Å². The lowest BCUT2D eigenvalue weighted by atomic mass is 10.1. The van der Waals surface area contributed by atoms with E-state index in [-0.39, 0.29) is 11.7 Å². The summed E-state index contributed by atoms with van der Waals surface area (Å²) in [6.07, 6.45) is 0.481. The Labute approximate surface area is 109 Å². The normalized spacial score (nSPS) is 16.2. The van der Waals surface area contributed by atoms with E-state index in [4.69, 9.17) is 12.2 Å². The Morgan fingerprint density at radius 1 is 1.47 bits per heavy atom. The van der Waals surface area contributed by atoms with Crippen molar-refractivity contribution >= 4 is 45.7 Å². The molecule has 0 bridgehead atoms. The highest BCUT2D eigenvalue weighted by molar-refractivity contribution is 8.23. The van der Waals surface area contributed by atoms with E-state index in [1.165, 1.54) is 23.6 Å². The Morgan fingerprint density at radius 2 is 2.24 bits per heavy atom. The highest BCUT2D eigenvalue weighted by Crippen LogP contribution is 2.26. The molecule has 17 heavy (non-hydrogen) atoms. The monoisotopic (exact) mass is 265 g/mol. The van der Waals surface area contributed by atoms with Crippen molar-refractivity contribution < 1.29 is 9.59 Å². The molecule has 1 heterocycles. The van der Waals surface area contributed by atoms with Crippen LogP contribution < -0.4 is 4.90 Å². The number of hydrogen-bond acceptors (Lipinski definition) is 4. The van der Waals surface area contributed by atoms with Crippen molar-refractivity contribution in [3.05, 3.63) is 29.8 Å². The van der Waals surface area contributed by atoms with Gasteiger partial charge in [-0.25, -0.2) is 0 Å². The molecule has 88 valence electrons. The predicted molar refractivity (Wildman–Crippen MR) is 73.6 cm³/mol. The largest absolute Gasteiger partial charge is 0.295 e. The van der Waals surface area contributed by atoms with Crippen LogP contribution in [-0.2, 0) is 4.79 Å². The molecule has 0 N–H and O–H groups in total. The van der Waals surface area contributed by atoms with Crippen LogP contribution in [0.25, 0.3) is 0 Å². The van der Waals surface area contributed by atoms with E-state index in [1.54, 1.807) is 24.3 Å². The van der Waals surface area contributed by atoms with Crippen molar-refractivity contribution in [1.82, 2.24) is 0 Å². The maximum atomic E-state index is 11.8. The van der Waals surface area contributed by atoms with E-state index < -0.39 is 0 Å². The molecule has 1 aliphatic rings. The molecule has 1 saturated heterocycles. The van der Waals surface area contributed by atoms with Crippen LogP contribution in [0.1, 0.15) is 23.7 Å². The van der Waals surface area contributed by atoms with Gasteiger partial charge in [0.1, 0.15) is 4.32 Å². The number of thioether (sulfide) groups is 1. The molecular weight excluding hydrogens is 254 g/mol. The summed E-state index contributed by atoms with van der Waals surface area (Å²) in [5.74, 6) is 0.713. The summed E-state index contributed by atoms with van der Waals surface area (Å²) >= 11 is 6.67. The van der Waals surface area contributed by atoms with Gasteiger partial charge in [-0.15, -0.1) is 0 Å². The zero-order chi connectivity index (χ0) is 12.4. The Hall–Kier alpha value is -1.20. The molecule has 0 aromatic heterocycles. The Balaban J connectivity index is 2.38. The van der Waals surface area contributed by atoms with E-state index >= 15 is 0 Å². The van der Waals surface area contributed by atoms with Gasteiger partial charge < -0.3 is 0 Å². The SMILES string of the molecule is CC(=O)c1cccc(N2C(=O)CCSC2=S)c1. The fraction of sp³-hybridized carbons (Fsp3) is 0.250. The number of Topliss-reactive ketones (excluding diaryl/α,β-unsaturated/α-hetero) is 1. The maximum Gasteiger partial charge on any atom is 0.233 e. The minimum Gasteiger partial charge on any atom is -0.295 e. The molecule has 0 unspecified atom stereocenters. The highest BCUT2D eigenvalue weighted by atomic mass is 32.2. The molecule has 3 nitrogen and oxygen atoms in total. The quantitative estimate of drug-likeness (QED) is 0.608. The first-order valence-electron chi connectivity index (χ1n) is 5.20. The van der Waals surface area contributed by atoms with Gasteiger partial charge in [-0.3, -0.25) is 14.5 Å². The minimum absolute atomic E-state index is 0.00514. The standard InChI is InChI=1S/C12H11NO2S2/c1-8(14)9-3-2-4-10(7-9)13-11(15)5-6-17-12(13)16/h2-4,7H,5-6H2,1H3. The molecular formula is C12H11NO2S2. The fourth-order valence-corrected chi connectivity index (χ4v) is 2.86. The number of thiocarbonyl (C=S) groups is 1. The maximum absolute atomic E-state index is 11.8. The van der Waals surface area contributed by atoms with Crippen molar-refractivity contribution in [2.75, 3.05) is 10.7 Å². The van der Waals surface area contributed by atoms with Gasteiger partial charge in [-0.2, -0.15) is 0 Å². The summed E-state index contributed by atoms with van der Waals surface area (Å²) in [4.78, 5) is 24.6. The van der Waals surface area contributed by atoms with E-state index in [1.807, 2.05) is 0 Å². The van der Waals surface area contributed by atoms with Crippen LogP contribution in [0.15, 0.2) is 24.3 Å². The van der Waals surface area contributed by atoms with E-state index in [2.05, 4.69) is 0 Å². The first-order chi connectivity index (χ1) is 8.09. The van der Waals surface area contributed by atoms with Crippen molar-refractivity contribution in [1.29, 1.82) is 0 Å². The molecule has 2 rings (SSSR count). The average molecular weight is 265 g/mol. The lowest BCUT2D eigenvalue weighted by molar-refractivity contribution is -0.117. The van der Waals surface area contributed by atoms with Crippen molar-refractivity contribution in [3.8, 4) is 0 Å². The first-order valence-corrected chi connectivity index (χ1v) is 6.59. The Kier molecular flexibility index (Phi) is 3.59. The highest BCUT2D eigenvalue weighted by Gasteiger charge is 2.25. The lowest BCUT2D eigenvalue weighted by Crippen LogP contribution is -2.38. The van der Waals surface area contributed by atoms with Crippen molar-refractivity contribution in [2.24, 2.45) is 0 Å². The summed E-state index contributed by atoms with van der Waals surface area (Å²) in [7, 11) is 0. The predicted octanol–water partition coefficient (Wildman–Crippen LogP) is 2.64. The smallest absolute Gasteiger partial charge is 0.233 e.